The molecule has 0 radical (unpaired) electrons. The van der Waals surface area contributed by atoms with Crippen LogP contribution in [0.25, 0.3) is 22.1 Å². The molecule has 6 nitrogen and oxygen atoms in total. The quantitative estimate of drug-likeness (QED) is 0.559. The second-order valence-corrected chi connectivity index (χ2v) is 6.84. The van der Waals surface area contributed by atoms with Crippen molar-refractivity contribution < 1.29 is 18.8 Å². The third-order valence-corrected chi connectivity index (χ3v) is 4.91. The van der Waals surface area contributed by atoms with Crippen LogP contribution in [0.3, 0.4) is 0 Å². The first-order valence-electron chi connectivity index (χ1n) is 9.35. The molecule has 0 unspecified atom stereocenters. The van der Waals surface area contributed by atoms with Crippen LogP contribution in [0.15, 0.2) is 71.3 Å². The molecule has 1 aromatic heterocycles. The highest BCUT2D eigenvalue weighted by molar-refractivity contribution is 5.90. The largest absolute Gasteiger partial charge is 0.454 e. The van der Waals surface area contributed by atoms with Crippen LogP contribution in [0.4, 0.5) is 0 Å². The van der Waals surface area contributed by atoms with Crippen molar-refractivity contribution in [2.75, 3.05) is 6.79 Å². The van der Waals surface area contributed by atoms with Crippen molar-refractivity contribution >= 4 is 16.7 Å². The monoisotopic (exact) mass is 386 g/mol. The van der Waals surface area contributed by atoms with Crippen molar-refractivity contribution in [2.45, 2.75) is 13.0 Å². The van der Waals surface area contributed by atoms with E-state index in [1.54, 1.807) is 0 Å². The summed E-state index contributed by atoms with van der Waals surface area (Å²) < 4.78 is 16.1. The number of hydrogen-bond acceptors (Lipinski definition) is 5. The minimum absolute atomic E-state index is 0.0611. The fourth-order valence-electron chi connectivity index (χ4n) is 3.45. The van der Waals surface area contributed by atoms with Crippen LogP contribution in [0.1, 0.15) is 11.3 Å². The van der Waals surface area contributed by atoms with Gasteiger partial charge in [0.05, 0.1) is 13.0 Å². The van der Waals surface area contributed by atoms with E-state index in [2.05, 4.69) is 10.5 Å². The summed E-state index contributed by atoms with van der Waals surface area (Å²) in [6.45, 7) is 0.529. The minimum atomic E-state index is -0.0611. The third kappa shape index (κ3) is 3.52. The molecule has 1 aliphatic heterocycles. The Morgan fingerprint density at radius 1 is 0.966 bits per heavy atom. The summed E-state index contributed by atoms with van der Waals surface area (Å²) in [5, 5.41) is 9.19. The normalized spacial score (nSPS) is 12.3. The van der Waals surface area contributed by atoms with Gasteiger partial charge in [-0.05, 0) is 34.5 Å². The number of aromatic nitrogens is 1. The number of rotatable bonds is 5. The Morgan fingerprint density at radius 3 is 2.79 bits per heavy atom. The smallest absolute Gasteiger partial charge is 0.231 e. The Labute approximate surface area is 167 Å². The fourth-order valence-corrected chi connectivity index (χ4v) is 3.45. The molecule has 0 saturated heterocycles. The lowest BCUT2D eigenvalue weighted by atomic mass is 10.0. The number of fused-ring (bicyclic) bond motifs is 2. The van der Waals surface area contributed by atoms with Crippen LogP contribution in [-0.2, 0) is 17.8 Å². The van der Waals surface area contributed by atoms with Gasteiger partial charge in [0.25, 0.3) is 0 Å². The average molecular weight is 386 g/mol. The molecule has 2 heterocycles. The van der Waals surface area contributed by atoms with E-state index in [9.17, 15) is 4.79 Å². The van der Waals surface area contributed by atoms with Crippen molar-refractivity contribution in [3.05, 3.63) is 78.0 Å². The third-order valence-electron chi connectivity index (χ3n) is 4.91. The molecule has 0 atom stereocenters. The summed E-state index contributed by atoms with van der Waals surface area (Å²) in [7, 11) is 0. The number of carbonyl (C=O) groups excluding carboxylic acids is 1. The van der Waals surface area contributed by atoms with Crippen LogP contribution >= 0.6 is 0 Å². The van der Waals surface area contributed by atoms with Crippen LogP contribution in [0.2, 0.25) is 0 Å². The Hall–Kier alpha value is -3.80. The Kier molecular flexibility index (Phi) is 4.37. The first kappa shape index (κ1) is 17.3. The Morgan fingerprint density at radius 2 is 1.83 bits per heavy atom. The van der Waals surface area contributed by atoms with Crippen LogP contribution in [0, 0.1) is 0 Å². The van der Waals surface area contributed by atoms with Gasteiger partial charge in [-0.2, -0.15) is 0 Å². The molecule has 0 aliphatic carbocycles. The number of nitrogens with one attached hydrogen (secondary N) is 1. The van der Waals surface area contributed by atoms with Crippen LogP contribution < -0.4 is 14.8 Å². The number of benzene rings is 3. The van der Waals surface area contributed by atoms with Gasteiger partial charge in [-0.15, -0.1) is 0 Å². The molecule has 5 rings (SSSR count). The SMILES string of the molecule is O=C(Cc1cccc2ccccc12)NCc1cc(-c2ccc3c(c2)OCO3)on1. The summed E-state index contributed by atoms with van der Waals surface area (Å²) in [6.07, 6.45) is 0.314. The van der Waals surface area contributed by atoms with E-state index in [1.165, 1.54) is 0 Å². The summed E-state index contributed by atoms with van der Waals surface area (Å²) in [5.41, 5.74) is 2.50. The van der Waals surface area contributed by atoms with Gasteiger partial charge < -0.3 is 19.3 Å². The fraction of sp³-hybridized carbons (Fsp3) is 0.130. The molecule has 1 aliphatic rings. The van der Waals surface area contributed by atoms with E-state index >= 15 is 0 Å². The molecule has 144 valence electrons. The zero-order valence-corrected chi connectivity index (χ0v) is 15.6. The zero-order chi connectivity index (χ0) is 19.6. The zero-order valence-electron chi connectivity index (χ0n) is 15.6. The molecule has 1 N–H and O–H groups in total. The van der Waals surface area contributed by atoms with Gasteiger partial charge >= 0.3 is 0 Å². The van der Waals surface area contributed by atoms with Gasteiger partial charge in [0.15, 0.2) is 17.3 Å². The maximum absolute atomic E-state index is 12.4. The van der Waals surface area contributed by atoms with Gasteiger partial charge in [-0.3, -0.25) is 4.79 Å². The molecule has 29 heavy (non-hydrogen) atoms. The summed E-state index contributed by atoms with van der Waals surface area (Å²) >= 11 is 0. The lowest BCUT2D eigenvalue weighted by Gasteiger charge is -2.07. The number of carbonyl (C=O) groups is 1. The number of nitrogens with zero attached hydrogens (tertiary/aromatic N) is 1. The predicted octanol–water partition coefficient (Wildman–Crippen LogP) is 4.08. The Bertz CT molecular complexity index is 1190. The van der Waals surface area contributed by atoms with Crippen LogP contribution in [0.5, 0.6) is 11.5 Å². The molecule has 6 heteroatoms. The van der Waals surface area contributed by atoms with Crippen LogP contribution in [-0.4, -0.2) is 17.9 Å². The molecule has 3 aromatic carbocycles. The summed E-state index contributed by atoms with van der Waals surface area (Å²) in [6, 6.07) is 21.5. The molecular weight excluding hydrogens is 368 g/mol. The van der Waals surface area contributed by atoms with Gasteiger partial charge in [0, 0.05) is 11.6 Å². The summed E-state index contributed by atoms with van der Waals surface area (Å²) in [5.74, 6) is 1.95. The van der Waals surface area contributed by atoms with E-state index in [0.29, 0.717) is 35.9 Å². The van der Waals surface area contributed by atoms with E-state index in [0.717, 1.165) is 21.9 Å². The van der Waals surface area contributed by atoms with Gasteiger partial charge in [-0.1, -0.05) is 47.6 Å². The standard InChI is InChI=1S/C23H18N2O4/c26-23(11-16-6-3-5-15-4-1-2-7-19(15)16)24-13-18-12-21(29-25-18)17-8-9-20-22(10-17)28-14-27-20/h1-10,12H,11,13-14H2,(H,24,26). The van der Waals surface area contributed by atoms with E-state index in [-0.39, 0.29) is 12.7 Å². The van der Waals surface area contributed by atoms with Crippen molar-refractivity contribution in [3.63, 3.8) is 0 Å². The maximum atomic E-state index is 12.4. The van der Waals surface area contributed by atoms with E-state index < -0.39 is 0 Å². The van der Waals surface area contributed by atoms with Gasteiger partial charge in [-0.25, -0.2) is 0 Å². The van der Waals surface area contributed by atoms with Crippen molar-refractivity contribution in [1.82, 2.24) is 10.5 Å². The molecule has 1 amide bonds. The first-order valence-corrected chi connectivity index (χ1v) is 9.35. The molecule has 0 spiro atoms. The highest BCUT2D eigenvalue weighted by atomic mass is 16.7. The molecule has 0 fully saturated rings. The number of amides is 1. The lowest BCUT2D eigenvalue weighted by molar-refractivity contribution is -0.120. The van der Waals surface area contributed by atoms with Gasteiger partial charge in [0.1, 0.15) is 5.69 Å². The lowest BCUT2D eigenvalue weighted by Crippen LogP contribution is -2.24. The van der Waals surface area contributed by atoms with Crippen molar-refractivity contribution in [2.24, 2.45) is 0 Å². The summed E-state index contributed by atoms with van der Waals surface area (Å²) in [4.78, 5) is 12.4. The van der Waals surface area contributed by atoms with E-state index in [1.807, 2.05) is 66.7 Å². The van der Waals surface area contributed by atoms with Gasteiger partial charge in [0.2, 0.25) is 12.7 Å². The topological polar surface area (TPSA) is 73.6 Å². The number of ether oxygens (including phenoxy) is 2. The van der Waals surface area contributed by atoms with Crippen molar-refractivity contribution in [1.29, 1.82) is 0 Å². The average Bonchev–Trinajstić information content (AvgIpc) is 3.41. The minimum Gasteiger partial charge on any atom is -0.454 e. The predicted molar refractivity (Wildman–Crippen MR) is 108 cm³/mol. The number of hydrogen-bond donors (Lipinski definition) is 1. The molecule has 0 saturated carbocycles. The highest BCUT2D eigenvalue weighted by Gasteiger charge is 2.16. The molecule has 0 bridgehead atoms. The Balaban J connectivity index is 1.24. The second-order valence-electron chi connectivity index (χ2n) is 6.84. The van der Waals surface area contributed by atoms with Crippen molar-refractivity contribution in [3.8, 4) is 22.8 Å². The second kappa shape index (κ2) is 7.31. The van der Waals surface area contributed by atoms with E-state index in [4.69, 9.17) is 14.0 Å². The molecule has 4 aromatic rings. The first-order chi connectivity index (χ1) is 14.3. The maximum Gasteiger partial charge on any atom is 0.231 e. The highest BCUT2D eigenvalue weighted by Crippen LogP contribution is 2.36. The molecular formula is C23H18N2O4.